The molecular weight excluding hydrogens is 318 g/mol. The molecule has 1 heterocycles. The van der Waals surface area contributed by atoms with E-state index in [0.717, 1.165) is 41.9 Å². The normalized spacial score (nSPS) is 14.8. The molecule has 0 spiro atoms. The molecule has 1 atom stereocenters. The smallest absolute Gasteiger partial charge is 0.0738 e. The average molecular weight is 346 g/mol. The van der Waals surface area contributed by atoms with Crippen molar-refractivity contribution in [1.82, 2.24) is 15.1 Å². The zero-order chi connectivity index (χ0) is 15.3. The summed E-state index contributed by atoms with van der Waals surface area (Å²) in [6, 6.07) is 0. The summed E-state index contributed by atoms with van der Waals surface area (Å²) in [5.74, 6) is 0.637. The number of aromatic nitrogens is 2. The van der Waals surface area contributed by atoms with E-state index in [9.17, 15) is 5.11 Å². The monoisotopic (exact) mass is 345 g/mol. The lowest BCUT2D eigenvalue weighted by molar-refractivity contribution is 0.0491. The number of nitrogens with one attached hydrogen (secondary N) is 1. The van der Waals surface area contributed by atoms with Crippen LogP contribution < -0.4 is 5.32 Å². The number of nitrogens with zero attached hydrogens (tertiary/aromatic N) is 2. The molecule has 5 heteroatoms. The lowest BCUT2D eigenvalue weighted by Crippen LogP contribution is -2.34. The van der Waals surface area contributed by atoms with Crippen molar-refractivity contribution < 1.29 is 5.11 Å². The first-order valence-corrected chi connectivity index (χ1v) is 8.21. The third-order valence-corrected chi connectivity index (χ3v) is 4.43. The van der Waals surface area contributed by atoms with Gasteiger partial charge in [0.2, 0.25) is 0 Å². The Bertz CT molecular complexity index is 427. The van der Waals surface area contributed by atoms with E-state index in [1.54, 1.807) is 0 Å². The van der Waals surface area contributed by atoms with Crippen molar-refractivity contribution in [3.63, 3.8) is 0 Å². The standard InChI is InChI=1S/C15H28BrN3O/c1-6-19-13(14(16)12(4)18-19)9-15(5,20)7-8-17-10-11(2)3/h11,17,20H,6-10H2,1-5H3. The number of aliphatic hydroxyl groups is 1. The van der Waals surface area contributed by atoms with Crippen molar-refractivity contribution in [2.45, 2.75) is 59.6 Å². The van der Waals surface area contributed by atoms with Crippen molar-refractivity contribution in [2.24, 2.45) is 5.92 Å². The van der Waals surface area contributed by atoms with Crippen LogP contribution in [-0.2, 0) is 13.0 Å². The highest BCUT2D eigenvalue weighted by atomic mass is 79.9. The van der Waals surface area contributed by atoms with Gasteiger partial charge >= 0.3 is 0 Å². The van der Waals surface area contributed by atoms with Crippen molar-refractivity contribution in [1.29, 1.82) is 0 Å². The molecule has 0 amide bonds. The first kappa shape index (κ1) is 17.7. The number of halogens is 1. The highest BCUT2D eigenvalue weighted by molar-refractivity contribution is 9.10. The molecule has 4 nitrogen and oxygen atoms in total. The fraction of sp³-hybridized carbons (Fsp3) is 0.800. The van der Waals surface area contributed by atoms with Crippen LogP contribution in [0.25, 0.3) is 0 Å². The van der Waals surface area contributed by atoms with Gasteiger partial charge in [-0.3, -0.25) is 4.68 Å². The van der Waals surface area contributed by atoms with E-state index in [2.05, 4.69) is 47.1 Å². The SMILES string of the molecule is CCn1nc(C)c(Br)c1CC(C)(O)CCNCC(C)C. The van der Waals surface area contributed by atoms with Gasteiger partial charge in [-0.1, -0.05) is 13.8 Å². The molecule has 0 aromatic carbocycles. The van der Waals surface area contributed by atoms with Crippen LogP contribution in [0.3, 0.4) is 0 Å². The van der Waals surface area contributed by atoms with Crippen molar-refractivity contribution >= 4 is 15.9 Å². The highest BCUT2D eigenvalue weighted by Gasteiger charge is 2.25. The van der Waals surface area contributed by atoms with Crippen molar-refractivity contribution in [3.05, 3.63) is 15.9 Å². The fourth-order valence-electron chi connectivity index (χ4n) is 2.24. The predicted molar refractivity (Wildman–Crippen MR) is 87.0 cm³/mol. The summed E-state index contributed by atoms with van der Waals surface area (Å²) < 4.78 is 2.99. The number of aryl methyl sites for hydroxylation is 2. The number of hydrogen-bond acceptors (Lipinski definition) is 3. The minimum absolute atomic E-state index is 0.617. The Morgan fingerprint density at radius 3 is 2.65 bits per heavy atom. The first-order chi connectivity index (χ1) is 9.26. The molecule has 20 heavy (non-hydrogen) atoms. The molecule has 1 aromatic heterocycles. The van der Waals surface area contributed by atoms with E-state index >= 15 is 0 Å². The van der Waals surface area contributed by atoms with Crippen LogP contribution in [0.4, 0.5) is 0 Å². The number of rotatable bonds is 8. The molecule has 0 radical (unpaired) electrons. The van der Waals surface area contributed by atoms with E-state index in [0.29, 0.717) is 12.3 Å². The molecular formula is C15H28BrN3O. The second-order valence-electron chi connectivity index (χ2n) is 6.18. The minimum atomic E-state index is -0.716. The maximum atomic E-state index is 10.6. The van der Waals surface area contributed by atoms with Crippen LogP contribution in [0.2, 0.25) is 0 Å². The van der Waals surface area contributed by atoms with Crippen molar-refractivity contribution in [3.8, 4) is 0 Å². The van der Waals surface area contributed by atoms with Gasteiger partial charge in [0.05, 0.1) is 21.5 Å². The third kappa shape index (κ3) is 5.19. The Balaban J connectivity index is 2.61. The largest absolute Gasteiger partial charge is 0.390 e. The zero-order valence-corrected chi connectivity index (χ0v) is 14.9. The highest BCUT2D eigenvalue weighted by Crippen LogP contribution is 2.26. The van der Waals surface area contributed by atoms with E-state index in [1.165, 1.54) is 0 Å². The van der Waals surface area contributed by atoms with Gasteiger partial charge in [0.1, 0.15) is 0 Å². The second kappa shape index (κ2) is 7.57. The Hall–Kier alpha value is -0.390. The Morgan fingerprint density at radius 1 is 1.45 bits per heavy atom. The van der Waals surface area contributed by atoms with Crippen molar-refractivity contribution in [2.75, 3.05) is 13.1 Å². The lowest BCUT2D eigenvalue weighted by Gasteiger charge is -2.24. The second-order valence-corrected chi connectivity index (χ2v) is 6.98. The molecule has 2 N–H and O–H groups in total. The minimum Gasteiger partial charge on any atom is -0.390 e. The van der Waals surface area contributed by atoms with Crippen LogP contribution >= 0.6 is 15.9 Å². The third-order valence-electron chi connectivity index (χ3n) is 3.39. The van der Waals surface area contributed by atoms with Gasteiger partial charge in [-0.15, -0.1) is 0 Å². The summed E-state index contributed by atoms with van der Waals surface area (Å²) >= 11 is 3.59. The summed E-state index contributed by atoms with van der Waals surface area (Å²) in [5.41, 5.74) is 1.35. The molecule has 0 fully saturated rings. The molecule has 1 unspecified atom stereocenters. The summed E-state index contributed by atoms with van der Waals surface area (Å²) in [5, 5.41) is 18.4. The predicted octanol–water partition coefficient (Wildman–Crippen LogP) is 2.90. The quantitative estimate of drug-likeness (QED) is 0.712. The van der Waals surface area contributed by atoms with E-state index < -0.39 is 5.60 Å². The summed E-state index contributed by atoms with van der Waals surface area (Å²) in [6.45, 7) is 13.0. The molecule has 0 aliphatic carbocycles. The summed E-state index contributed by atoms with van der Waals surface area (Å²) in [6.07, 6.45) is 1.35. The Morgan fingerprint density at radius 2 is 2.10 bits per heavy atom. The van der Waals surface area contributed by atoms with Gasteiger partial charge in [0.15, 0.2) is 0 Å². The van der Waals surface area contributed by atoms with Crippen LogP contribution in [0.15, 0.2) is 4.47 Å². The topological polar surface area (TPSA) is 50.1 Å². The maximum Gasteiger partial charge on any atom is 0.0738 e. The van der Waals surface area contributed by atoms with Gasteiger partial charge in [0.25, 0.3) is 0 Å². The Labute approximate surface area is 131 Å². The van der Waals surface area contributed by atoms with Gasteiger partial charge in [-0.05, 0) is 62.1 Å². The zero-order valence-electron chi connectivity index (χ0n) is 13.3. The van der Waals surface area contributed by atoms with Gasteiger partial charge in [-0.2, -0.15) is 5.10 Å². The average Bonchev–Trinajstić information content (AvgIpc) is 2.62. The maximum absolute atomic E-state index is 10.6. The molecule has 0 aliphatic rings. The summed E-state index contributed by atoms with van der Waals surface area (Å²) in [4.78, 5) is 0. The lowest BCUT2D eigenvalue weighted by atomic mass is 9.96. The molecule has 0 aliphatic heterocycles. The molecule has 0 bridgehead atoms. The molecule has 1 aromatic rings. The van der Waals surface area contributed by atoms with Crippen LogP contribution in [0.5, 0.6) is 0 Å². The first-order valence-electron chi connectivity index (χ1n) is 7.41. The van der Waals surface area contributed by atoms with E-state index in [1.807, 2.05) is 18.5 Å². The van der Waals surface area contributed by atoms with Crippen LogP contribution in [0, 0.1) is 12.8 Å². The fourth-order valence-corrected chi connectivity index (χ4v) is 2.66. The molecule has 0 saturated carbocycles. The summed E-state index contributed by atoms with van der Waals surface area (Å²) in [7, 11) is 0. The molecule has 1 rings (SSSR count). The van der Waals surface area contributed by atoms with E-state index in [-0.39, 0.29) is 0 Å². The number of hydrogen-bond donors (Lipinski definition) is 2. The Kier molecular flexibility index (Phi) is 6.69. The van der Waals surface area contributed by atoms with Gasteiger partial charge in [0, 0.05) is 13.0 Å². The van der Waals surface area contributed by atoms with Gasteiger partial charge < -0.3 is 10.4 Å². The molecule has 0 saturated heterocycles. The van der Waals surface area contributed by atoms with Gasteiger partial charge in [-0.25, -0.2) is 0 Å². The molecule has 116 valence electrons. The van der Waals surface area contributed by atoms with E-state index in [4.69, 9.17) is 0 Å². The van der Waals surface area contributed by atoms with Crippen LogP contribution in [0.1, 0.15) is 45.5 Å². The van der Waals surface area contributed by atoms with Crippen LogP contribution in [-0.4, -0.2) is 33.6 Å².